The van der Waals surface area contributed by atoms with Crippen LogP contribution in [0.15, 0.2) is 36.4 Å². The second-order valence-corrected chi connectivity index (χ2v) is 4.19. The Morgan fingerprint density at radius 3 is 2.41 bits per heavy atom. The zero-order chi connectivity index (χ0) is 12.0. The number of anilines is 1. The molecule has 84 valence electrons. The molecule has 0 spiro atoms. The number of benzene rings is 2. The molecule has 17 heavy (non-hydrogen) atoms. The molecule has 0 radical (unpaired) electrons. The van der Waals surface area contributed by atoms with Crippen LogP contribution in [0.25, 0.3) is 11.1 Å². The summed E-state index contributed by atoms with van der Waals surface area (Å²) in [5, 5.41) is 10.8. The van der Waals surface area contributed by atoms with E-state index in [9.17, 15) is 10.1 Å². The van der Waals surface area contributed by atoms with Crippen LogP contribution in [0.4, 0.5) is 11.4 Å². The molecule has 0 saturated carbocycles. The second kappa shape index (κ2) is 3.31. The van der Waals surface area contributed by atoms with Crippen molar-refractivity contribution >= 4 is 11.4 Å². The van der Waals surface area contributed by atoms with Crippen molar-refractivity contribution in [2.75, 3.05) is 5.73 Å². The van der Waals surface area contributed by atoms with Gasteiger partial charge in [-0.25, -0.2) is 0 Å². The van der Waals surface area contributed by atoms with Crippen LogP contribution in [0.1, 0.15) is 11.1 Å². The van der Waals surface area contributed by atoms with Crippen LogP contribution in [0, 0.1) is 10.1 Å². The van der Waals surface area contributed by atoms with Crippen molar-refractivity contribution in [3.05, 3.63) is 57.6 Å². The number of nitrogens with two attached hydrogens (primary N) is 1. The predicted octanol–water partition coefficient (Wildman–Crippen LogP) is 2.75. The monoisotopic (exact) mass is 226 g/mol. The lowest BCUT2D eigenvalue weighted by Gasteiger charge is -2.02. The van der Waals surface area contributed by atoms with E-state index in [1.54, 1.807) is 12.1 Å². The number of nitro benzene ring substituents is 1. The van der Waals surface area contributed by atoms with Crippen molar-refractivity contribution in [1.82, 2.24) is 0 Å². The maximum Gasteiger partial charge on any atom is 0.270 e. The lowest BCUT2D eigenvalue weighted by Crippen LogP contribution is -1.89. The first-order chi connectivity index (χ1) is 8.15. The van der Waals surface area contributed by atoms with E-state index in [0.29, 0.717) is 5.69 Å². The van der Waals surface area contributed by atoms with Crippen molar-refractivity contribution in [2.24, 2.45) is 0 Å². The van der Waals surface area contributed by atoms with Gasteiger partial charge in [-0.05, 0) is 40.8 Å². The van der Waals surface area contributed by atoms with Gasteiger partial charge in [-0.3, -0.25) is 10.1 Å². The summed E-state index contributed by atoms with van der Waals surface area (Å²) < 4.78 is 0. The van der Waals surface area contributed by atoms with Crippen molar-refractivity contribution < 1.29 is 4.92 Å². The Kier molecular flexibility index (Phi) is 1.92. The van der Waals surface area contributed by atoms with Gasteiger partial charge in [-0.15, -0.1) is 0 Å². The second-order valence-electron chi connectivity index (χ2n) is 4.19. The summed E-state index contributed by atoms with van der Waals surface area (Å²) in [6, 6.07) is 10.7. The highest BCUT2D eigenvalue weighted by atomic mass is 16.6. The molecule has 0 aliphatic heterocycles. The summed E-state index contributed by atoms with van der Waals surface area (Å²) in [4.78, 5) is 10.4. The minimum absolute atomic E-state index is 0.124. The number of hydrogen-bond donors (Lipinski definition) is 1. The van der Waals surface area contributed by atoms with Crippen LogP contribution in [0.3, 0.4) is 0 Å². The maximum absolute atomic E-state index is 10.8. The van der Waals surface area contributed by atoms with Gasteiger partial charge < -0.3 is 5.73 Å². The Morgan fingerprint density at radius 1 is 1.06 bits per heavy atom. The number of nitro groups is 1. The Balaban J connectivity index is 2.22. The third-order valence-electron chi connectivity index (χ3n) is 3.11. The molecule has 0 heterocycles. The molecule has 4 nitrogen and oxygen atoms in total. The lowest BCUT2D eigenvalue weighted by molar-refractivity contribution is -0.384. The summed E-state index contributed by atoms with van der Waals surface area (Å²) in [5.41, 5.74) is 10.8. The standard InChI is InChI=1S/C13H10N2O2/c14-10-3-1-8-5-9-2-4-11(15(16)17)7-13(9)12(8)6-10/h1-4,6-7H,5,14H2. The molecular formula is C13H10N2O2. The quantitative estimate of drug-likeness (QED) is 0.394. The molecule has 2 aromatic carbocycles. The van der Waals surface area contributed by atoms with Crippen molar-refractivity contribution in [3.63, 3.8) is 0 Å². The fourth-order valence-corrected chi connectivity index (χ4v) is 2.29. The average Bonchev–Trinajstić information content (AvgIpc) is 2.66. The Labute approximate surface area is 97.8 Å². The van der Waals surface area contributed by atoms with Crippen LogP contribution in [-0.4, -0.2) is 4.92 Å². The van der Waals surface area contributed by atoms with Gasteiger partial charge in [0.15, 0.2) is 0 Å². The van der Waals surface area contributed by atoms with Crippen molar-refractivity contribution in [1.29, 1.82) is 0 Å². The number of nitrogen functional groups attached to an aromatic ring is 1. The predicted molar refractivity (Wildman–Crippen MR) is 65.8 cm³/mol. The minimum atomic E-state index is -0.370. The number of non-ortho nitro benzene ring substituents is 1. The van der Waals surface area contributed by atoms with Crippen LogP contribution >= 0.6 is 0 Å². The fraction of sp³-hybridized carbons (Fsp3) is 0.0769. The molecule has 2 aromatic rings. The topological polar surface area (TPSA) is 69.2 Å². The molecule has 0 atom stereocenters. The van der Waals surface area contributed by atoms with Crippen LogP contribution in [-0.2, 0) is 6.42 Å². The van der Waals surface area contributed by atoms with Gasteiger partial charge in [0.05, 0.1) is 4.92 Å². The molecular weight excluding hydrogens is 216 g/mol. The molecule has 0 bridgehead atoms. The van der Waals surface area contributed by atoms with E-state index >= 15 is 0 Å². The third kappa shape index (κ3) is 1.45. The largest absolute Gasteiger partial charge is 0.399 e. The van der Waals surface area contributed by atoms with Gasteiger partial charge in [0.1, 0.15) is 0 Å². The van der Waals surface area contributed by atoms with Gasteiger partial charge in [0, 0.05) is 17.8 Å². The van der Waals surface area contributed by atoms with E-state index in [1.807, 2.05) is 24.3 Å². The first-order valence-electron chi connectivity index (χ1n) is 5.31. The Hall–Kier alpha value is -2.36. The third-order valence-corrected chi connectivity index (χ3v) is 3.11. The zero-order valence-corrected chi connectivity index (χ0v) is 9.01. The van der Waals surface area contributed by atoms with E-state index in [2.05, 4.69) is 0 Å². The minimum Gasteiger partial charge on any atom is -0.399 e. The highest BCUT2D eigenvalue weighted by Gasteiger charge is 2.21. The number of fused-ring (bicyclic) bond motifs is 3. The van der Waals surface area contributed by atoms with Crippen molar-refractivity contribution in [3.8, 4) is 11.1 Å². The number of hydrogen-bond acceptors (Lipinski definition) is 3. The van der Waals surface area contributed by atoms with Gasteiger partial charge in [0.2, 0.25) is 0 Å². The van der Waals surface area contributed by atoms with Crippen LogP contribution in [0.5, 0.6) is 0 Å². The molecule has 3 rings (SSSR count). The van der Waals surface area contributed by atoms with Gasteiger partial charge in [0.25, 0.3) is 5.69 Å². The smallest absolute Gasteiger partial charge is 0.270 e. The molecule has 2 N–H and O–H groups in total. The lowest BCUT2D eigenvalue weighted by atomic mass is 10.0. The van der Waals surface area contributed by atoms with Gasteiger partial charge >= 0.3 is 0 Å². The molecule has 4 heteroatoms. The number of nitrogens with zero attached hydrogens (tertiary/aromatic N) is 1. The molecule has 1 aliphatic rings. The first-order valence-corrected chi connectivity index (χ1v) is 5.31. The first kappa shape index (κ1) is 9.84. The van der Waals surface area contributed by atoms with Gasteiger partial charge in [-0.1, -0.05) is 12.1 Å². The highest BCUT2D eigenvalue weighted by Crippen LogP contribution is 2.39. The van der Waals surface area contributed by atoms with E-state index in [-0.39, 0.29) is 10.6 Å². The fourth-order valence-electron chi connectivity index (χ4n) is 2.29. The van der Waals surface area contributed by atoms with E-state index in [0.717, 1.165) is 23.1 Å². The van der Waals surface area contributed by atoms with E-state index in [1.165, 1.54) is 5.56 Å². The number of rotatable bonds is 1. The summed E-state index contributed by atoms with van der Waals surface area (Å²) in [6.45, 7) is 0. The maximum atomic E-state index is 10.8. The zero-order valence-electron chi connectivity index (χ0n) is 9.01. The summed E-state index contributed by atoms with van der Waals surface area (Å²) in [5.74, 6) is 0. The Morgan fingerprint density at radius 2 is 1.71 bits per heavy atom. The van der Waals surface area contributed by atoms with Crippen molar-refractivity contribution in [2.45, 2.75) is 6.42 Å². The molecule has 0 amide bonds. The Bertz CT molecular complexity index is 635. The molecule has 0 saturated heterocycles. The van der Waals surface area contributed by atoms with E-state index < -0.39 is 0 Å². The summed E-state index contributed by atoms with van der Waals surface area (Å²) in [7, 11) is 0. The summed E-state index contributed by atoms with van der Waals surface area (Å²) >= 11 is 0. The SMILES string of the molecule is Nc1ccc2c(c1)-c1cc([N+](=O)[O-])ccc1C2. The van der Waals surface area contributed by atoms with Gasteiger partial charge in [-0.2, -0.15) is 0 Å². The van der Waals surface area contributed by atoms with Crippen LogP contribution in [0.2, 0.25) is 0 Å². The molecule has 0 fully saturated rings. The van der Waals surface area contributed by atoms with Crippen LogP contribution < -0.4 is 5.73 Å². The average molecular weight is 226 g/mol. The highest BCUT2D eigenvalue weighted by molar-refractivity contribution is 5.80. The molecule has 0 unspecified atom stereocenters. The molecule has 0 aromatic heterocycles. The molecule has 1 aliphatic carbocycles. The van der Waals surface area contributed by atoms with E-state index in [4.69, 9.17) is 5.73 Å². The summed E-state index contributed by atoms with van der Waals surface area (Å²) in [6.07, 6.45) is 0.822. The normalized spacial score (nSPS) is 12.0.